The molecule has 2 amide bonds. The molecule has 1 unspecified atom stereocenters. The molecule has 0 bridgehead atoms. The monoisotopic (exact) mass is 669 g/mol. The van der Waals surface area contributed by atoms with Crippen molar-refractivity contribution in [3.63, 3.8) is 0 Å². The van der Waals surface area contributed by atoms with E-state index in [9.17, 15) is 59.0 Å². The number of fused-ring (bicyclic) bond motifs is 1. The number of halogens is 7. The summed E-state index contributed by atoms with van der Waals surface area (Å²) in [5.41, 5.74) is -7.44. The molecule has 0 spiro atoms. The van der Waals surface area contributed by atoms with Gasteiger partial charge in [0.2, 0.25) is 11.8 Å². The second-order valence-electron chi connectivity index (χ2n) is 11.1. The Morgan fingerprint density at radius 1 is 0.889 bits per heavy atom. The first-order chi connectivity index (χ1) is 20.8. The number of sulfonamides is 1. The maximum atomic E-state index is 13.7. The molecule has 17 heteroatoms. The number of aliphatic hydroxyl groups is 2. The van der Waals surface area contributed by atoms with E-state index in [1.54, 1.807) is 0 Å². The third kappa shape index (κ3) is 7.19. The zero-order valence-corrected chi connectivity index (χ0v) is 24.3. The highest BCUT2D eigenvalue weighted by Crippen LogP contribution is 2.51. The fourth-order valence-corrected chi connectivity index (χ4v) is 7.26. The molecule has 1 saturated carbocycles. The summed E-state index contributed by atoms with van der Waals surface area (Å²) < 4.78 is 123. The number of benzene rings is 2. The predicted octanol–water partition coefficient (Wildman–Crippen LogP) is 3.57. The van der Waals surface area contributed by atoms with Gasteiger partial charge in [-0.3, -0.25) is 13.9 Å². The number of alkyl halides is 6. The van der Waals surface area contributed by atoms with Crippen LogP contribution in [0, 0.1) is 5.82 Å². The molecule has 9 nitrogen and oxygen atoms in total. The second-order valence-corrected chi connectivity index (χ2v) is 12.9. The van der Waals surface area contributed by atoms with Crippen LogP contribution in [-0.2, 0) is 31.6 Å². The first kappa shape index (κ1) is 34.4. The van der Waals surface area contributed by atoms with Crippen molar-refractivity contribution in [2.24, 2.45) is 0 Å². The van der Waals surface area contributed by atoms with Crippen molar-refractivity contribution >= 4 is 27.5 Å². The van der Waals surface area contributed by atoms with E-state index in [1.165, 1.54) is 0 Å². The normalized spacial score (nSPS) is 21.2. The van der Waals surface area contributed by atoms with Gasteiger partial charge in [0.25, 0.3) is 15.6 Å². The van der Waals surface area contributed by atoms with Gasteiger partial charge < -0.3 is 20.8 Å². The van der Waals surface area contributed by atoms with Crippen molar-refractivity contribution in [1.29, 1.82) is 0 Å². The number of aliphatic hydroxyl groups excluding tert-OH is 1. The topological polar surface area (TPSA) is 136 Å². The number of nitrogens with zero attached hydrogens (tertiary/aromatic N) is 1. The Labute approximate surface area is 253 Å². The van der Waals surface area contributed by atoms with Crippen LogP contribution >= 0.6 is 0 Å². The van der Waals surface area contributed by atoms with Crippen molar-refractivity contribution in [3.8, 4) is 0 Å². The van der Waals surface area contributed by atoms with Gasteiger partial charge in [-0.05, 0) is 74.4 Å². The van der Waals surface area contributed by atoms with Gasteiger partial charge in [-0.25, -0.2) is 12.8 Å². The largest absolute Gasteiger partial charge is 0.430 e. The van der Waals surface area contributed by atoms with Crippen molar-refractivity contribution in [2.75, 3.05) is 10.8 Å². The Bertz CT molecular complexity index is 1490. The standard InChI is InChI=1S/C28H30F7N3O6S/c29-18-3-10-22(11-4-18)45(43,44)38-20(14-24(40)36-15-25(41)37-19-5-8-21(39)9-6-19)7-1-16-13-17(2-12-23(16)38)26(42,27(30,31)32)28(33,34)35/h2-4,10-13,19-21,39,42H,1,5-9,14-15H2,(H,36,40)(H,37,41). The van der Waals surface area contributed by atoms with Crippen LogP contribution < -0.4 is 14.9 Å². The molecule has 4 N–H and O–H groups in total. The molecular weight excluding hydrogens is 639 g/mol. The lowest BCUT2D eigenvalue weighted by molar-refractivity contribution is -0.376. The summed E-state index contributed by atoms with van der Waals surface area (Å²) in [6, 6.07) is 3.51. The fraction of sp³-hybridized carbons (Fsp3) is 0.500. The molecule has 45 heavy (non-hydrogen) atoms. The first-order valence-electron chi connectivity index (χ1n) is 13.9. The molecule has 2 aromatic carbocycles. The zero-order chi connectivity index (χ0) is 33.4. The lowest BCUT2D eigenvalue weighted by Crippen LogP contribution is -2.54. The number of nitrogens with one attached hydrogen (secondary N) is 2. The number of rotatable bonds is 8. The van der Waals surface area contributed by atoms with Crippen LogP contribution in [0.25, 0.3) is 0 Å². The lowest BCUT2D eigenvalue weighted by Gasteiger charge is -2.39. The zero-order valence-electron chi connectivity index (χ0n) is 23.5. The molecule has 1 fully saturated rings. The van der Waals surface area contributed by atoms with E-state index in [4.69, 9.17) is 0 Å². The number of anilines is 1. The Kier molecular flexibility index (Phi) is 9.76. The van der Waals surface area contributed by atoms with E-state index in [1.807, 2.05) is 0 Å². The highest BCUT2D eigenvalue weighted by Gasteiger charge is 2.71. The molecule has 0 aromatic heterocycles. The Morgan fingerprint density at radius 3 is 2.07 bits per heavy atom. The van der Waals surface area contributed by atoms with Gasteiger partial charge >= 0.3 is 12.4 Å². The van der Waals surface area contributed by atoms with Crippen LogP contribution in [0.4, 0.5) is 36.4 Å². The fourth-order valence-electron chi connectivity index (χ4n) is 5.54. The summed E-state index contributed by atoms with van der Waals surface area (Å²) in [6.07, 6.45) is -11.7. The van der Waals surface area contributed by atoms with Crippen LogP contribution in [0.5, 0.6) is 0 Å². The molecule has 0 radical (unpaired) electrons. The van der Waals surface area contributed by atoms with Crippen LogP contribution in [0.15, 0.2) is 47.4 Å². The number of carbonyl (C=O) groups excluding carboxylic acids is 2. The molecule has 1 heterocycles. The van der Waals surface area contributed by atoms with E-state index < -0.39 is 81.2 Å². The molecule has 0 saturated heterocycles. The average molecular weight is 670 g/mol. The summed E-state index contributed by atoms with van der Waals surface area (Å²) in [5.74, 6) is -2.07. The van der Waals surface area contributed by atoms with E-state index in [-0.39, 0.29) is 30.1 Å². The van der Waals surface area contributed by atoms with E-state index in [0.29, 0.717) is 48.2 Å². The van der Waals surface area contributed by atoms with Crippen LogP contribution in [0.1, 0.15) is 49.7 Å². The molecule has 248 valence electrons. The third-order valence-electron chi connectivity index (χ3n) is 7.93. The first-order valence-corrected chi connectivity index (χ1v) is 15.3. The van der Waals surface area contributed by atoms with Gasteiger partial charge in [0.1, 0.15) is 5.82 Å². The summed E-state index contributed by atoms with van der Waals surface area (Å²) in [4.78, 5) is 24.7. The van der Waals surface area contributed by atoms with E-state index in [2.05, 4.69) is 10.6 Å². The summed E-state index contributed by atoms with van der Waals surface area (Å²) >= 11 is 0. The molecule has 4 rings (SSSR count). The number of hydrogen-bond donors (Lipinski definition) is 4. The third-order valence-corrected chi connectivity index (χ3v) is 9.81. The summed E-state index contributed by atoms with van der Waals surface area (Å²) in [5, 5.41) is 24.6. The number of hydrogen-bond acceptors (Lipinski definition) is 6. The van der Waals surface area contributed by atoms with Gasteiger partial charge in [0.05, 0.1) is 29.3 Å². The van der Waals surface area contributed by atoms with Crippen molar-refractivity contribution in [1.82, 2.24) is 10.6 Å². The van der Waals surface area contributed by atoms with Crippen molar-refractivity contribution in [2.45, 2.75) is 86.0 Å². The van der Waals surface area contributed by atoms with Gasteiger partial charge in [-0.15, -0.1) is 0 Å². The van der Waals surface area contributed by atoms with Gasteiger partial charge in [0, 0.05) is 18.0 Å². The minimum atomic E-state index is -6.17. The summed E-state index contributed by atoms with van der Waals surface area (Å²) in [7, 11) is -4.67. The maximum Gasteiger partial charge on any atom is 0.430 e. The van der Waals surface area contributed by atoms with Crippen molar-refractivity contribution in [3.05, 3.63) is 59.4 Å². The van der Waals surface area contributed by atoms with Crippen molar-refractivity contribution < 1.29 is 59.0 Å². The number of carbonyl (C=O) groups is 2. The predicted molar refractivity (Wildman–Crippen MR) is 145 cm³/mol. The number of aryl methyl sites for hydroxylation is 1. The van der Waals surface area contributed by atoms with Crippen LogP contribution in [0.2, 0.25) is 0 Å². The Hall–Kier alpha value is -3.44. The van der Waals surface area contributed by atoms with Gasteiger partial charge in [0.15, 0.2) is 0 Å². The van der Waals surface area contributed by atoms with Gasteiger partial charge in [-0.1, -0.05) is 12.1 Å². The molecule has 2 aliphatic rings. The summed E-state index contributed by atoms with van der Waals surface area (Å²) in [6.45, 7) is -0.456. The van der Waals surface area contributed by atoms with E-state index in [0.717, 1.165) is 24.3 Å². The quantitative estimate of drug-likeness (QED) is 0.318. The molecule has 1 aliphatic heterocycles. The second kappa shape index (κ2) is 12.7. The highest BCUT2D eigenvalue weighted by atomic mass is 32.2. The highest BCUT2D eigenvalue weighted by molar-refractivity contribution is 7.92. The smallest absolute Gasteiger partial charge is 0.393 e. The Morgan fingerprint density at radius 2 is 1.49 bits per heavy atom. The molecule has 1 atom stereocenters. The van der Waals surface area contributed by atoms with Crippen LogP contribution in [0.3, 0.4) is 0 Å². The van der Waals surface area contributed by atoms with Gasteiger partial charge in [-0.2, -0.15) is 26.3 Å². The Balaban J connectivity index is 1.61. The SMILES string of the molecule is O=C(CC1CCc2cc(C(O)(C(F)(F)F)C(F)(F)F)ccc2N1S(=O)(=O)c1ccc(F)cc1)NCC(=O)NC1CCC(O)CC1. The molecule has 2 aromatic rings. The number of amides is 2. The lowest BCUT2D eigenvalue weighted by atomic mass is 9.87. The maximum absolute atomic E-state index is 13.7. The minimum Gasteiger partial charge on any atom is -0.393 e. The van der Waals surface area contributed by atoms with Crippen LogP contribution in [-0.4, -0.2) is 67.5 Å². The van der Waals surface area contributed by atoms with E-state index >= 15 is 0 Å². The molecule has 1 aliphatic carbocycles. The average Bonchev–Trinajstić information content (AvgIpc) is 2.95. The molecular formula is C28H30F7N3O6S. The minimum absolute atomic E-state index is 0.193.